The lowest BCUT2D eigenvalue weighted by atomic mass is 9.82. The first-order valence-electron chi connectivity index (χ1n) is 7.29. The number of hydrogen-bond acceptors (Lipinski definition) is 4. The monoisotopic (exact) mass is 277 g/mol. The van der Waals surface area contributed by atoms with Crippen LogP contribution in [0.3, 0.4) is 0 Å². The van der Waals surface area contributed by atoms with Gasteiger partial charge < -0.3 is 10.6 Å². The van der Waals surface area contributed by atoms with Crippen LogP contribution in [0.4, 0.5) is 17.1 Å². The van der Waals surface area contributed by atoms with Crippen LogP contribution in [-0.4, -0.2) is 18.5 Å². The predicted octanol–water partition coefficient (Wildman–Crippen LogP) is 3.87. The van der Waals surface area contributed by atoms with Crippen molar-refractivity contribution < 1.29 is 4.92 Å². The predicted molar refractivity (Wildman–Crippen MR) is 82.3 cm³/mol. The van der Waals surface area contributed by atoms with E-state index >= 15 is 0 Å². The van der Waals surface area contributed by atoms with Gasteiger partial charge in [-0.2, -0.15) is 0 Å². The maximum absolute atomic E-state index is 10.9. The Morgan fingerprint density at radius 3 is 2.70 bits per heavy atom. The average molecular weight is 277 g/mol. The van der Waals surface area contributed by atoms with Crippen molar-refractivity contribution in [2.24, 2.45) is 11.8 Å². The molecule has 1 aliphatic rings. The van der Waals surface area contributed by atoms with Crippen molar-refractivity contribution in [1.29, 1.82) is 0 Å². The standard InChI is InChI=1S/C15H23N3O2/c1-11-4-3-5-12(6-11)10-17-14-7-13(16-2)8-15(9-14)18(19)20/h7-9,11-12,16-17H,3-6,10H2,1-2H3. The molecule has 20 heavy (non-hydrogen) atoms. The van der Waals surface area contributed by atoms with Gasteiger partial charge >= 0.3 is 0 Å². The van der Waals surface area contributed by atoms with Gasteiger partial charge in [-0.1, -0.05) is 19.8 Å². The van der Waals surface area contributed by atoms with E-state index in [2.05, 4.69) is 17.6 Å². The van der Waals surface area contributed by atoms with Crippen molar-refractivity contribution in [3.05, 3.63) is 28.3 Å². The Morgan fingerprint density at radius 1 is 1.30 bits per heavy atom. The molecule has 110 valence electrons. The summed E-state index contributed by atoms with van der Waals surface area (Å²) in [5.41, 5.74) is 1.71. The van der Waals surface area contributed by atoms with Crippen LogP contribution in [0.25, 0.3) is 0 Å². The van der Waals surface area contributed by atoms with Gasteiger partial charge in [0.25, 0.3) is 5.69 Å². The molecule has 0 aromatic heterocycles. The highest BCUT2D eigenvalue weighted by molar-refractivity contribution is 5.63. The molecule has 0 amide bonds. The lowest BCUT2D eigenvalue weighted by molar-refractivity contribution is -0.384. The van der Waals surface area contributed by atoms with Crippen LogP contribution in [0.1, 0.15) is 32.6 Å². The highest BCUT2D eigenvalue weighted by Gasteiger charge is 2.19. The maximum atomic E-state index is 10.9. The summed E-state index contributed by atoms with van der Waals surface area (Å²) in [5, 5.41) is 17.2. The van der Waals surface area contributed by atoms with E-state index in [0.29, 0.717) is 5.92 Å². The van der Waals surface area contributed by atoms with Crippen LogP contribution in [-0.2, 0) is 0 Å². The summed E-state index contributed by atoms with van der Waals surface area (Å²) < 4.78 is 0. The molecule has 1 aromatic rings. The summed E-state index contributed by atoms with van der Waals surface area (Å²) in [7, 11) is 1.77. The van der Waals surface area contributed by atoms with E-state index in [9.17, 15) is 10.1 Å². The van der Waals surface area contributed by atoms with E-state index in [1.807, 2.05) is 6.07 Å². The Labute approximate surface area is 119 Å². The minimum absolute atomic E-state index is 0.122. The molecule has 1 aliphatic carbocycles. The molecule has 0 spiro atoms. The highest BCUT2D eigenvalue weighted by atomic mass is 16.6. The second kappa shape index (κ2) is 6.59. The van der Waals surface area contributed by atoms with Gasteiger partial charge in [0, 0.05) is 37.1 Å². The molecule has 2 N–H and O–H groups in total. The third-order valence-corrected chi connectivity index (χ3v) is 4.06. The van der Waals surface area contributed by atoms with Crippen LogP contribution < -0.4 is 10.6 Å². The van der Waals surface area contributed by atoms with Crippen LogP contribution in [0, 0.1) is 22.0 Å². The van der Waals surface area contributed by atoms with Gasteiger partial charge in [-0.05, 0) is 30.7 Å². The van der Waals surface area contributed by atoms with Crippen LogP contribution in [0.2, 0.25) is 0 Å². The number of nitro benzene ring substituents is 1. The summed E-state index contributed by atoms with van der Waals surface area (Å²) in [6, 6.07) is 5.07. The lowest BCUT2D eigenvalue weighted by Gasteiger charge is -2.27. The Bertz CT molecular complexity index is 476. The number of rotatable bonds is 5. The van der Waals surface area contributed by atoms with Crippen LogP contribution in [0.15, 0.2) is 18.2 Å². The van der Waals surface area contributed by atoms with Gasteiger partial charge in [-0.15, -0.1) is 0 Å². The van der Waals surface area contributed by atoms with Gasteiger partial charge in [0.05, 0.1) is 4.92 Å². The minimum Gasteiger partial charge on any atom is -0.388 e. The number of benzene rings is 1. The van der Waals surface area contributed by atoms with Crippen LogP contribution >= 0.6 is 0 Å². The first kappa shape index (κ1) is 14.6. The van der Waals surface area contributed by atoms with E-state index in [-0.39, 0.29) is 10.6 Å². The molecule has 1 fully saturated rings. The van der Waals surface area contributed by atoms with E-state index in [0.717, 1.165) is 23.8 Å². The third kappa shape index (κ3) is 3.85. The molecule has 2 atom stereocenters. The van der Waals surface area contributed by atoms with Crippen LogP contribution in [0.5, 0.6) is 0 Å². The van der Waals surface area contributed by atoms with Gasteiger partial charge in [-0.3, -0.25) is 10.1 Å². The summed E-state index contributed by atoms with van der Waals surface area (Å²) >= 11 is 0. The van der Waals surface area contributed by atoms with Crippen molar-refractivity contribution in [2.75, 3.05) is 24.2 Å². The quantitative estimate of drug-likeness (QED) is 0.633. The Morgan fingerprint density at radius 2 is 2.05 bits per heavy atom. The fourth-order valence-electron chi connectivity index (χ4n) is 2.97. The zero-order valence-electron chi connectivity index (χ0n) is 12.2. The molecule has 0 bridgehead atoms. The third-order valence-electron chi connectivity index (χ3n) is 4.06. The summed E-state index contributed by atoms with van der Waals surface area (Å²) in [4.78, 5) is 10.6. The Kier molecular flexibility index (Phi) is 4.82. The molecule has 2 unspecified atom stereocenters. The number of nitro groups is 1. The van der Waals surface area contributed by atoms with Crippen molar-refractivity contribution in [1.82, 2.24) is 0 Å². The molecule has 2 rings (SSSR count). The molecule has 1 saturated carbocycles. The maximum Gasteiger partial charge on any atom is 0.273 e. The molecule has 0 radical (unpaired) electrons. The van der Waals surface area contributed by atoms with Gasteiger partial charge in [-0.25, -0.2) is 0 Å². The minimum atomic E-state index is -0.352. The Hall–Kier alpha value is -1.78. The normalized spacial score (nSPS) is 22.3. The summed E-state index contributed by atoms with van der Waals surface area (Å²) in [6.45, 7) is 3.20. The first-order chi connectivity index (χ1) is 9.58. The summed E-state index contributed by atoms with van der Waals surface area (Å²) in [5.74, 6) is 1.48. The number of non-ortho nitro benzene ring substituents is 1. The molecular weight excluding hydrogens is 254 g/mol. The lowest BCUT2D eigenvalue weighted by Crippen LogP contribution is -2.21. The van der Waals surface area contributed by atoms with Gasteiger partial charge in [0.1, 0.15) is 0 Å². The SMILES string of the molecule is CNc1cc(NCC2CCCC(C)C2)cc([N+](=O)[O-])c1. The Balaban J connectivity index is 2.01. The van der Waals surface area contributed by atoms with Gasteiger partial charge in [0.2, 0.25) is 0 Å². The zero-order chi connectivity index (χ0) is 14.5. The fourth-order valence-corrected chi connectivity index (χ4v) is 2.97. The molecular formula is C15H23N3O2. The first-order valence-corrected chi connectivity index (χ1v) is 7.29. The van der Waals surface area contributed by atoms with Crippen molar-refractivity contribution in [3.63, 3.8) is 0 Å². The number of anilines is 2. The van der Waals surface area contributed by atoms with Gasteiger partial charge in [0.15, 0.2) is 0 Å². The zero-order valence-corrected chi connectivity index (χ0v) is 12.2. The molecule has 0 aliphatic heterocycles. The number of hydrogen-bond donors (Lipinski definition) is 2. The van der Waals surface area contributed by atoms with E-state index in [1.165, 1.54) is 25.7 Å². The van der Waals surface area contributed by atoms with Crippen molar-refractivity contribution in [2.45, 2.75) is 32.6 Å². The van der Waals surface area contributed by atoms with E-state index in [1.54, 1.807) is 19.2 Å². The highest BCUT2D eigenvalue weighted by Crippen LogP contribution is 2.29. The van der Waals surface area contributed by atoms with Crippen molar-refractivity contribution >= 4 is 17.1 Å². The topological polar surface area (TPSA) is 67.2 Å². The molecule has 5 nitrogen and oxygen atoms in total. The molecule has 1 aromatic carbocycles. The number of nitrogens with zero attached hydrogens (tertiary/aromatic N) is 1. The second-order valence-corrected chi connectivity index (χ2v) is 5.79. The van der Waals surface area contributed by atoms with Crippen molar-refractivity contribution in [3.8, 4) is 0 Å². The summed E-state index contributed by atoms with van der Waals surface area (Å²) in [6.07, 6.45) is 5.13. The van der Waals surface area contributed by atoms with E-state index in [4.69, 9.17) is 0 Å². The van der Waals surface area contributed by atoms with E-state index < -0.39 is 0 Å². The molecule has 5 heteroatoms. The smallest absolute Gasteiger partial charge is 0.273 e. The second-order valence-electron chi connectivity index (χ2n) is 5.79. The average Bonchev–Trinajstić information content (AvgIpc) is 2.45. The largest absolute Gasteiger partial charge is 0.388 e. The molecule has 0 heterocycles. The number of nitrogens with one attached hydrogen (secondary N) is 2. The fraction of sp³-hybridized carbons (Fsp3) is 0.600. The molecule has 0 saturated heterocycles.